The van der Waals surface area contributed by atoms with Gasteiger partial charge in [0.2, 0.25) is 0 Å². The first kappa shape index (κ1) is 17.8. The Morgan fingerprint density at radius 2 is 2.00 bits per heavy atom. The third kappa shape index (κ3) is 4.73. The van der Waals surface area contributed by atoms with Gasteiger partial charge < -0.3 is 14.2 Å². The van der Waals surface area contributed by atoms with Gasteiger partial charge in [0, 0.05) is 6.08 Å². The second-order valence-electron chi connectivity index (χ2n) is 4.81. The van der Waals surface area contributed by atoms with Crippen LogP contribution in [0.15, 0.2) is 42.5 Å². The summed E-state index contributed by atoms with van der Waals surface area (Å²) in [5, 5.41) is 0.365. The largest absolute Gasteiger partial charge is 0.493 e. The molecule has 0 unspecified atom stereocenters. The minimum Gasteiger partial charge on any atom is -0.493 e. The molecule has 2 aromatic carbocycles. The third-order valence-electron chi connectivity index (χ3n) is 3.14. The monoisotopic (exact) mass is 350 g/mol. The Balaban J connectivity index is 2.02. The van der Waals surface area contributed by atoms with Gasteiger partial charge in [-0.1, -0.05) is 23.7 Å². The third-order valence-corrected chi connectivity index (χ3v) is 3.42. The Hall–Kier alpha value is -2.53. The van der Waals surface area contributed by atoms with Crippen LogP contribution in [0.4, 0.5) is 4.39 Å². The zero-order chi connectivity index (χ0) is 17.5. The fourth-order valence-corrected chi connectivity index (χ4v) is 2.32. The summed E-state index contributed by atoms with van der Waals surface area (Å²) in [6.45, 7) is -0.00633. The standard InChI is InChI=1S/C18H16ClFO4/c1-22-16-10-12(9-15(19)18(16)23-2)6-7-17(21)24-11-13-4-3-5-14(20)8-13/h3-10H,11H2,1-2H3/b7-6+. The first-order valence-electron chi connectivity index (χ1n) is 7.04. The molecule has 0 atom stereocenters. The highest BCUT2D eigenvalue weighted by atomic mass is 35.5. The second-order valence-corrected chi connectivity index (χ2v) is 5.22. The molecule has 0 saturated carbocycles. The molecule has 0 amide bonds. The average molecular weight is 351 g/mol. The predicted molar refractivity (Wildman–Crippen MR) is 89.8 cm³/mol. The van der Waals surface area contributed by atoms with Gasteiger partial charge in [0.05, 0.1) is 19.2 Å². The predicted octanol–water partition coefficient (Wildman–Crippen LogP) is 4.25. The van der Waals surface area contributed by atoms with E-state index in [0.717, 1.165) is 0 Å². The number of benzene rings is 2. The highest BCUT2D eigenvalue weighted by molar-refractivity contribution is 6.32. The van der Waals surface area contributed by atoms with E-state index in [9.17, 15) is 9.18 Å². The van der Waals surface area contributed by atoms with Crippen molar-refractivity contribution in [2.75, 3.05) is 14.2 Å². The van der Waals surface area contributed by atoms with E-state index in [1.807, 2.05) is 0 Å². The molecule has 0 aliphatic carbocycles. The average Bonchev–Trinajstić information content (AvgIpc) is 2.57. The fraction of sp³-hybridized carbons (Fsp3) is 0.167. The lowest BCUT2D eigenvalue weighted by atomic mass is 10.2. The van der Waals surface area contributed by atoms with Gasteiger partial charge in [-0.25, -0.2) is 9.18 Å². The van der Waals surface area contributed by atoms with Gasteiger partial charge in [-0.2, -0.15) is 0 Å². The maximum absolute atomic E-state index is 13.0. The smallest absolute Gasteiger partial charge is 0.331 e. The van der Waals surface area contributed by atoms with Gasteiger partial charge in [-0.05, 0) is 41.5 Å². The molecule has 0 heterocycles. The van der Waals surface area contributed by atoms with Gasteiger partial charge in [-0.15, -0.1) is 0 Å². The van der Waals surface area contributed by atoms with Crippen LogP contribution in [-0.4, -0.2) is 20.2 Å². The van der Waals surface area contributed by atoms with Crippen molar-refractivity contribution in [3.8, 4) is 11.5 Å². The van der Waals surface area contributed by atoms with E-state index < -0.39 is 5.97 Å². The first-order valence-corrected chi connectivity index (χ1v) is 7.42. The minimum atomic E-state index is -0.551. The fourth-order valence-electron chi connectivity index (χ4n) is 2.03. The van der Waals surface area contributed by atoms with Crippen LogP contribution >= 0.6 is 11.6 Å². The summed E-state index contributed by atoms with van der Waals surface area (Å²) in [6.07, 6.45) is 2.80. The van der Waals surface area contributed by atoms with E-state index >= 15 is 0 Å². The highest BCUT2D eigenvalue weighted by Crippen LogP contribution is 2.36. The number of hydrogen-bond acceptors (Lipinski definition) is 4. The molecule has 0 fully saturated rings. The van der Waals surface area contributed by atoms with Crippen LogP contribution < -0.4 is 9.47 Å². The maximum atomic E-state index is 13.0. The van der Waals surface area contributed by atoms with Gasteiger partial charge >= 0.3 is 5.97 Å². The summed E-state index contributed by atoms with van der Waals surface area (Å²) in [5.41, 5.74) is 1.23. The van der Waals surface area contributed by atoms with Gasteiger partial charge in [-0.3, -0.25) is 0 Å². The van der Waals surface area contributed by atoms with Crippen LogP contribution in [0.5, 0.6) is 11.5 Å². The van der Waals surface area contributed by atoms with Crippen molar-refractivity contribution in [1.82, 2.24) is 0 Å². The van der Waals surface area contributed by atoms with E-state index in [1.165, 1.54) is 32.4 Å². The van der Waals surface area contributed by atoms with Crippen LogP contribution in [0.3, 0.4) is 0 Å². The molecule has 0 bridgehead atoms. The lowest BCUT2D eigenvalue weighted by molar-refractivity contribution is -0.138. The summed E-state index contributed by atoms with van der Waals surface area (Å²) >= 11 is 6.09. The van der Waals surface area contributed by atoms with Crippen LogP contribution in [0.2, 0.25) is 5.02 Å². The molecule has 6 heteroatoms. The summed E-state index contributed by atoms with van der Waals surface area (Å²) in [5.74, 6) is -0.0491. The SMILES string of the molecule is COc1cc(/C=C/C(=O)OCc2cccc(F)c2)cc(Cl)c1OC. The molecule has 0 saturated heterocycles. The molecule has 0 spiro atoms. The van der Waals surface area contributed by atoms with Crippen molar-refractivity contribution in [3.63, 3.8) is 0 Å². The molecule has 2 rings (SSSR count). The number of rotatable bonds is 6. The van der Waals surface area contributed by atoms with Gasteiger partial charge in [0.1, 0.15) is 12.4 Å². The number of carbonyl (C=O) groups is 1. The Bertz CT molecular complexity index is 759. The Labute approximate surface area is 144 Å². The maximum Gasteiger partial charge on any atom is 0.331 e. The molecule has 0 aliphatic rings. The topological polar surface area (TPSA) is 44.8 Å². The normalized spacial score (nSPS) is 10.7. The van der Waals surface area contributed by atoms with E-state index in [0.29, 0.717) is 27.6 Å². The van der Waals surface area contributed by atoms with Crippen LogP contribution in [0, 0.1) is 5.82 Å². The van der Waals surface area contributed by atoms with Crippen molar-refractivity contribution in [3.05, 3.63) is 64.4 Å². The molecule has 0 N–H and O–H groups in total. The number of ether oxygens (including phenoxy) is 3. The molecule has 126 valence electrons. The summed E-state index contributed by atoms with van der Waals surface area (Å²) in [4.78, 5) is 11.7. The van der Waals surface area contributed by atoms with Crippen molar-refractivity contribution in [1.29, 1.82) is 0 Å². The Kier molecular flexibility index (Phi) is 6.21. The van der Waals surface area contributed by atoms with E-state index in [2.05, 4.69) is 0 Å². The molecule has 0 radical (unpaired) electrons. The van der Waals surface area contributed by atoms with Crippen LogP contribution in [-0.2, 0) is 16.1 Å². The highest BCUT2D eigenvalue weighted by Gasteiger charge is 2.10. The number of esters is 1. The van der Waals surface area contributed by atoms with Gasteiger partial charge in [0.15, 0.2) is 11.5 Å². The van der Waals surface area contributed by atoms with Crippen molar-refractivity contribution in [2.24, 2.45) is 0 Å². The lowest BCUT2D eigenvalue weighted by Gasteiger charge is -2.10. The Morgan fingerprint density at radius 1 is 1.21 bits per heavy atom. The van der Waals surface area contributed by atoms with E-state index in [-0.39, 0.29) is 12.4 Å². The summed E-state index contributed by atoms with van der Waals surface area (Å²) < 4.78 is 28.4. The molecule has 2 aromatic rings. The lowest BCUT2D eigenvalue weighted by Crippen LogP contribution is -2.01. The second kappa shape index (κ2) is 8.36. The zero-order valence-corrected chi connectivity index (χ0v) is 14.0. The quantitative estimate of drug-likeness (QED) is 0.577. The van der Waals surface area contributed by atoms with Crippen molar-refractivity contribution < 1.29 is 23.4 Å². The van der Waals surface area contributed by atoms with Crippen LogP contribution in [0.1, 0.15) is 11.1 Å². The zero-order valence-electron chi connectivity index (χ0n) is 13.2. The van der Waals surface area contributed by atoms with Crippen molar-refractivity contribution in [2.45, 2.75) is 6.61 Å². The van der Waals surface area contributed by atoms with E-state index in [1.54, 1.807) is 30.3 Å². The molecule has 0 aliphatic heterocycles. The van der Waals surface area contributed by atoms with Gasteiger partial charge in [0.25, 0.3) is 0 Å². The number of hydrogen-bond donors (Lipinski definition) is 0. The summed E-state index contributed by atoms with van der Waals surface area (Å²) in [6, 6.07) is 9.19. The summed E-state index contributed by atoms with van der Waals surface area (Å²) in [7, 11) is 2.98. The minimum absolute atomic E-state index is 0.00633. The number of methoxy groups -OCH3 is 2. The molecule has 4 nitrogen and oxygen atoms in total. The Morgan fingerprint density at radius 3 is 2.67 bits per heavy atom. The molecule has 24 heavy (non-hydrogen) atoms. The number of halogens is 2. The number of carbonyl (C=O) groups excluding carboxylic acids is 1. The molecule has 0 aromatic heterocycles. The first-order chi connectivity index (χ1) is 11.5. The van der Waals surface area contributed by atoms with E-state index in [4.69, 9.17) is 25.8 Å². The van der Waals surface area contributed by atoms with Crippen molar-refractivity contribution >= 4 is 23.6 Å². The van der Waals surface area contributed by atoms with Crippen LogP contribution in [0.25, 0.3) is 6.08 Å². The molecular weight excluding hydrogens is 335 g/mol. The molecular formula is C18H16ClFO4.